The molecule has 2 bridgehead atoms. The molecule has 14 heteroatoms. The van der Waals surface area contributed by atoms with Crippen molar-refractivity contribution in [3.8, 4) is 5.75 Å². The van der Waals surface area contributed by atoms with Crippen LogP contribution in [-0.4, -0.2) is 68.1 Å². The van der Waals surface area contributed by atoms with E-state index in [0.29, 0.717) is 35.4 Å². The van der Waals surface area contributed by atoms with Crippen molar-refractivity contribution in [3.63, 3.8) is 0 Å². The molecule has 2 aliphatic heterocycles. The number of ether oxygens (including phenoxy) is 1. The standard InChI is InChI=1S/C39H50N8O5S/c1-23(2)16-29-21-52-31-14-12-28(13-15-31)18-32(43-34(48)19-30-22-53-26(6)41-30)38(50)44-33(17-27-10-8-7-9-11-27)39(51)45-36(24(3)4)37-40-25(5)46-47(37)20-35(49)42-29/h7-15,22-24,29,32-33,36H,16-21H2,1-6H3,(H,42,49)(H,43,48)(H,44,50)(H,45,51)/t29-,32+,33-,36-/m0/s1. The Bertz CT molecular complexity index is 1860. The summed E-state index contributed by atoms with van der Waals surface area (Å²) in [6, 6.07) is 13.8. The highest BCUT2D eigenvalue weighted by molar-refractivity contribution is 7.09. The van der Waals surface area contributed by atoms with E-state index in [2.05, 4.69) is 50.2 Å². The molecule has 2 aliphatic rings. The van der Waals surface area contributed by atoms with E-state index in [9.17, 15) is 19.2 Å². The molecule has 4 N–H and O–H groups in total. The van der Waals surface area contributed by atoms with Gasteiger partial charge in [0, 0.05) is 18.2 Å². The van der Waals surface area contributed by atoms with Gasteiger partial charge in [0.1, 0.15) is 36.8 Å². The van der Waals surface area contributed by atoms with Crippen LogP contribution >= 0.6 is 11.3 Å². The van der Waals surface area contributed by atoms with Gasteiger partial charge in [-0.05, 0) is 55.4 Å². The fraction of sp³-hybridized carbons (Fsp3) is 0.462. The van der Waals surface area contributed by atoms with Crippen molar-refractivity contribution in [2.45, 2.75) is 97.9 Å². The minimum atomic E-state index is -1.01. The Morgan fingerprint density at radius 2 is 1.70 bits per heavy atom. The number of amides is 4. The number of hydrogen-bond donors (Lipinski definition) is 4. The van der Waals surface area contributed by atoms with Crippen molar-refractivity contribution in [2.24, 2.45) is 11.8 Å². The van der Waals surface area contributed by atoms with Gasteiger partial charge in [-0.15, -0.1) is 11.3 Å². The van der Waals surface area contributed by atoms with E-state index >= 15 is 0 Å². The van der Waals surface area contributed by atoms with E-state index in [1.165, 1.54) is 16.0 Å². The summed E-state index contributed by atoms with van der Waals surface area (Å²) < 4.78 is 7.66. The first-order valence-electron chi connectivity index (χ1n) is 18.1. The quantitative estimate of drug-likeness (QED) is 0.212. The van der Waals surface area contributed by atoms with E-state index in [0.717, 1.165) is 16.1 Å². The fourth-order valence-electron chi connectivity index (χ4n) is 6.34. The average Bonchev–Trinajstić information content (AvgIpc) is 3.68. The molecule has 4 amide bonds. The van der Waals surface area contributed by atoms with Gasteiger partial charge in [0.05, 0.1) is 29.2 Å². The summed E-state index contributed by atoms with van der Waals surface area (Å²) in [5, 5.41) is 19.3. The van der Waals surface area contributed by atoms with Crippen LogP contribution in [0.4, 0.5) is 0 Å². The summed E-state index contributed by atoms with van der Waals surface area (Å²) in [5.41, 5.74) is 2.24. The summed E-state index contributed by atoms with van der Waals surface area (Å²) in [7, 11) is 0. The zero-order valence-electron chi connectivity index (χ0n) is 31.2. The number of aryl methyl sites for hydroxylation is 2. The van der Waals surface area contributed by atoms with E-state index < -0.39 is 29.9 Å². The molecule has 4 heterocycles. The molecule has 0 unspecified atom stereocenters. The third-order valence-electron chi connectivity index (χ3n) is 8.85. The van der Waals surface area contributed by atoms with E-state index in [1.807, 2.05) is 68.6 Å². The predicted octanol–water partition coefficient (Wildman–Crippen LogP) is 3.79. The van der Waals surface area contributed by atoms with Crippen LogP contribution < -0.4 is 26.0 Å². The van der Waals surface area contributed by atoms with Gasteiger partial charge >= 0.3 is 0 Å². The Hall–Kier alpha value is -5.11. The molecule has 0 saturated carbocycles. The number of fused-ring (bicyclic) bond motifs is 14. The molecule has 2 aromatic heterocycles. The number of carbonyl (C=O) groups is 4. The molecule has 0 aliphatic carbocycles. The Morgan fingerprint density at radius 3 is 2.36 bits per heavy atom. The second kappa shape index (κ2) is 18.1. The number of aromatic nitrogens is 4. The van der Waals surface area contributed by atoms with Crippen molar-refractivity contribution in [3.05, 3.63) is 93.5 Å². The molecule has 2 aromatic carbocycles. The van der Waals surface area contributed by atoms with Crippen LogP contribution in [0.15, 0.2) is 60.0 Å². The molecule has 0 spiro atoms. The number of rotatable bonds is 8. The van der Waals surface area contributed by atoms with Crippen molar-refractivity contribution in [1.29, 1.82) is 0 Å². The molecule has 0 saturated heterocycles. The highest BCUT2D eigenvalue weighted by Gasteiger charge is 2.32. The van der Waals surface area contributed by atoms with Crippen molar-refractivity contribution in [2.75, 3.05) is 6.61 Å². The van der Waals surface area contributed by atoms with Gasteiger partial charge in [-0.3, -0.25) is 19.2 Å². The summed E-state index contributed by atoms with van der Waals surface area (Å²) in [5.74, 6) is 0.0716. The normalized spacial score (nSPS) is 20.3. The fourth-order valence-corrected chi connectivity index (χ4v) is 6.96. The third-order valence-corrected chi connectivity index (χ3v) is 9.68. The van der Waals surface area contributed by atoms with Crippen LogP contribution in [0.3, 0.4) is 0 Å². The molecule has 0 radical (unpaired) electrons. The lowest BCUT2D eigenvalue weighted by Crippen LogP contribution is -2.56. The SMILES string of the molecule is Cc1nc2n(n1)CC(=O)N[C@@H](CC(C)C)COc1ccc(cc1)C[C@@H](NC(=O)Cc1csc(C)n1)C(=O)N[C@@H](Cc1ccccc1)C(=O)N[C@H]2C(C)C. The van der Waals surface area contributed by atoms with Gasteiger partial charge < -0.3 is 26.0 Å². The first-order valence-corrected chi connectivity index (χ1v) is 19.0. The van der Waals surface area contributed by atoms with Crippen molar-refractivity contribution in [1.82, 2.24) is 41.0 Å². The molecule has 4 atom stereocenters. The Balaban J connectivity index is 1.51. The zero-order valence-corrected chi connectivity index (χ0v) is 32.0. The monoisotopic (exact) mass is 742 g/mol. The Labute approximate surface area is 314 Å². The summed E-state index contributed by atoms with van der Waals surface area (Å²) in [4.78, 5) is 64.3. The number of hydrogen-bond acceptors (Lipinski definition) is 9. The van der Waals surface area contributed by atoms with Crippen LogP contribution in [0.25, 0.3) is 0 Å². The van der Waals surface area contributed by atoms with Gasteiger partial charge in [-0.25, -0.2) is 14.6 Å². The molecule has 6 rings (SSSR count). The number of thiazole rings is 1. The largest absolute Gasteiger partial charge is 0.491 e. The number of nitrogens with zero attached hydrogens (tertiary/aromatic N) is 4. The first kappa shape index (κ1) is 39.1. The lowest BCUT2D eigenvalue weighted by Gasteiger charge is -2.27. The Morgan fingerprint density at radius 1 is 0.962 bits per heavy atom. The van der Waals surface area contributed by atoms with Gasteiger partial charge in [0.25, 0.3) is 0 Å². The summed E-state index contributed by atoms with van der Waals surface area (Å²) >= 11 is 1.45. The van der Waals surface area contributed by atoms with Gasteiger partial charge in [0.15, 0.2) is 5.82 Å². The minimum absolute atomic E-state index is 0.0130. The van der Waals surface area contributed by atoms with Crippen LogP contribution in [0.5, 0.6) is 5.75 Å². The van der Waals surface area contributed by atoms with Gasteiger partial charge in [-0.2, -0.15) is 5.10 Å². The van der Waals surface area contributed by atoms with Crippen molar-refractivity contribution < 1.29 is 23.9 Å². The van der Waals surface area contributed by atoms with E-state index in [4.69, 9.17) is 4.74 Å². The predicted molar refractivity (Wildman–Crippen MR) is 202 cm³/mol. The van der Waals surface area contributed by atoms with Crippen molar-refractivity contribution >= 4 is 35.0 Å². The smallest absolute Gasteiger partial charge is 0.243 e. The molecule has 4 aromatic rings. The molecular formula is C39H50N8O5S. The number of carbonyl (C=O) groups excluding carboxylic acids is 4. The minimum Gasteiger partial charge on any atom is -0.491 e. The molecule has 13 nitrogen and oxygen atoms in total. The van der Waals surface area contributed by atoms with E-state index in [-0.39, 0.29) is 56.2 Å². The molecule has 282 valence electrons. The van der Waals surface area contributed by atoms with Crippen LogP contribution in [0.2, 0.25) is 0 Å². The lowest BCUT2D eigenvalue weighted by molar-refractivity contribution is -0.132. The van der Waals surface area contributed by atoms with E-state index in [1.54, 1.807) is 19.1 Å². The van der Waals surface area contributed by atoms with Gasteiger partial charge in [-0.1, -0.05) is 70.2 Å². The zero-order chi connectivity index (χ0) is 38.1. The summed E-state index contributed by atoms with van der Waals surface area (Å²) in [6.07, 6.45) is 1.06. The maximum absolute atomic E-state index is 14.3. The first-order chi connectivity index (χ1) is 25.3. The number of benzene rings is 2. The Kier molecular flexibility index (Phi) is 13.3. The third kappa shape index (κ3) is 11.4. The lowest BCUT2D eigenvalue weighted by atomic mass is 10.00. The van der Waals surface area contributed by atoms with Crippen LogP contribution in [0, 0.1) is 25.7 Å². The molecular weight excluding hydrogens is 693 g/mol. The average molecular weight is 743 g/mol. The van der Waals surface area contributed by atoms with Crippen LogP contribution in [0.1, 0.15) is 73.6 Å². The maximum Gasteiger partial charge on any atom is 0.243 e. The maximum atomic E-state index is 14.3. The number of nitrogens with one attached hydrogen (secondary N) is 4. The second-order valence-electron chi connectivity index (χ2n) is 14.4. The second-order valence-corrected chi connectivity index (χ2v) is 15.4. The molecule has 0 fully saturated rings. The topological polar surface area (TPSA) is 169 Å². The highest BCUT2D eigenvalue weighted by atomic mass is 32.1. The van der Waals surface area contributed by atoms with Crippen LogP contribution in [-0.2, 0) is 45.0 Å². The summed E-state index contributed by atoms with van der Waals surface area (Å²) in [6.45, 7) is 11.8. The van der Waals surface area contributed by atoms with Gasteiger partial charge in [0.2, 0.25) is 23.6 Å². The highest BCUT2D eigenvalue weighted by Crippen LogP contribution is 2.22. The molecule has 53 heavy (non-hydrogen) atoms.